The minimum atomic E-state index is -0.399. The lowest BCUT2D eigenvalue weighted by molar-refractivity contribution is 0.0997. The highest BCUT2D eigenvalue weighted by Crippen LogP contribution is 2.34. The van der Waals surface area contributed by atoms with Gasteiger partial charge >= 0.3 is 0 Å². The highest BCUT2D eigenvalue weighted by atomic mass is 35.5. The van der Waals surface area contributed by atoms with Gasteiger partial charge in [0.2, 0.25) is 5.89 Å². The highest BCUT2D eigenvalue weighted by molar-refractivity contribution is 6.43. The van der Waals surface area contributed by atoms with Gasteiger partial charge in [-0.3, -0.25) is 4.79 Å². The van der Waals surface area contributed by atoms with Crippen LogP contribution in [0.2, 0.25) is 10.0 Å². The Hall–Kier alpha value is -4.32. The second-order valence-electron chi connectivity index (χ2n) is 8.36. The summed E-state index contributed by atoms with van der Waals surface area (Å²) < 4.78 is 11.7. The Kier molecular flexibility index (Phi) is 6.01. The van der Waals surface area contributed by atoms with E-state index in [4.69, 9.17) is 32.0 Å². The molecule has 0 atom stereocenters. The summed E-state index contributed by atoms with van der Waals surface area (Å²) in [7, 11) is 0. The number of hydrogen-bond acceptors (Lipinski definition) is 4. The van der Waals surface area contributed by atoms with Crippen LogP contribution in [-0.4, -0.2) is 10.9 Å². The van der Waals surface area contributed by atoms with Crippen molar-refractivity contribution in [3.63, 3.8) is 0 Å². The number of oxazole rings is 1. The summed E-state index contributed by atoms with van der Waals surface area (Å²) in [5.41, 5.74) is 5.55. The molecule has 5 nitrogen and oxygen atoms in total. The summed E-state index contributed by atoms with van der Waals surface area (Å²) in [5.74, 6) is 0.703. The summed E-state index contributed by atoms with van der Waals surface area (Å²) in [6.07, 6.45) is 0. The number of carbonyl (C=O) groups excluding carboxylic acids is 1. The first kappa shape index (κ1) is 23.1. The van der Waals surface area contributed by atoms with Gasteiger partial charge in [-0.25, -0.2) is 4.98 Å². The Bertz CT molecular complexity index is 1740. The van der Waals surface area contributed by atoms with Crippen molar-refractivity contribution >= 4 is 45.9 Å². The minimum Gasteiger partial charge on any atom is -0.451 e. The van der Waals surface area contributed by atoms with Crippen LogP contribution < -0.4 is 5.32 Å². The maximum Gasteiger partial charge on any atom is 0.291 e. The van der Waals surface area contributed by atoms with Gasteiger partial charge in [-0.1, -0.05) is 71.7 Å². The van der Waals surface area contributed by atoms with Crippen LogP contribution in [0.1, 0.15) is 10.6 Å². The number of nitrogens with one attached hydrogen (secondary N) is 1. The Morgan fingerprint density at radius 3 is 2.30 bits per heavy atom. The van der Waals surface area contributed by atoms with Gasteiger partial charge in [0.05, 0.1) is 10.0 Å². The molecule has 4 aromatic carbocycles. The zero-order valence-electron chi connectivity index (χ0n) is 19.2. The molecule has 180 valence electrons. The Balaban J connectivity index is 1.20. The molecule has 0 aliphatic rings. The predicted octanol–water partition coefficient (Wildman–Crippen LogP) is 8.98. The number of hydrogen-bond donors (Lipinski definition) is 1. The number of furan rings is 1. The zero-order valence-corrected chi connectivity index (χ0v) is 20.8. The molecule has 0 unspecified atom stereocenters. The molecule has 1 amide bonds. The van der Waals surface area contributed by atoms with E-state index in [2.05, 4.69) is 22.4 Å². The molecule has 7 heteroatoms. The van der Waals surface area contributed by atoms with E-state index >= 15 is 0 Å². The molecule has 0 bridgehead atoms. The maximum atomic E-state index is 12.8. The van der Waals surface area contributed by atoms with Crippen molar-refractivity contribution in [2.45, 2.75) is 0 Å². The topological polar surface area (TPSA) is 68.3 Å². The summed E-state index contributed by atoms with van der Waals surface area (Å²) >= 11 is 12.4. The van der Waals surface area contributed by atoms with Crippen molar-refractivity contribution < 1.29 is 13.6 Å². The number of aromatic nitrogens is 1. The van der Waals surface area contributed by atoms with E-state index in [0.29, 0.717) is 44.0 Å². The summed E-state index contributed by atoms with van der Waals surface area (Å²) in [4.78, 5) is 17.4. The third kappa shape index (κ3) is 4.62. The van der Waals surface area contributed by atoms with E-state index in [1.165, 1.54) is 0 Å². The van der Waals surface area contributed by atoms with Gasteiger partial charge in [0.15, 0.2) is 11.3 Å². The molecular formula is C30H18Cl2N2O3. The third-order valence-corrected chi connectivity index (χ3v) is 6.75. The van der Waals surface area contributed by atoms with Crippen LogP contribution >= 0.6 is 23.2 Å². The first-order valence-electron chi connectivity index (χ1n) is 11.5. The minimum absolute atomic E-state index is 0.144. The standard InChI is InChI=1S/C30H18Cl2N2O3/c31-23-8-4-7-22(28(23)32)25-15-16-27(36-25)29(35)33-21-13-14-26-24(17-21)34-30(37-26)20-11-9-19(10-12-20)18-5-2-1-3-6-18/h1-17H,(H,33,35). The number of carbonyl (C=O) groups is 1. The number of benzene rings is 4. The second-order valence-corrected chi connectivity index (χ2v) is 9.15. The van der Waals surface area contributed by atoms with Crippen LogP contribution in [0.4, 0.5) is 5.69 Å². The van der Waals surface area contributed by atoms with Gasteiger partial charge in [0.1, 0.15) is 11.3 Å². The highest BCUT2D eigenvalue weighted by Gasteiger charge is 2.16. The summed E-state index contributed by atoms with van der Waals surface area (Å²) in [5, 5.41) is 3.62. The van der Waals surface area contributed by atoms with Crippen LogP contribution in [0.5, 0.6) is 0 Å². The lowest BCUT2D eigenvalue weighted by Crippen LogP contribution is -2.10. The normalized spacial score (nSPS) is 11.1. The zero-order chi connectivity index (χ0) is 25.4. The number of nitrogens with zero attached hydrogens (tertiary/aromatic N) is 1. The van der Waals surface area contributed by atoms with E-state index in [-0.39, 0.29) is 5.76 Å². The molecule has 6 rings (SSSR count). The van der Waals surface area contributed by atoms with E-state index in [0.717, 1.165) is 16.7 Å². The SMILES string of the molecule is O=C(Nc1ccc2oc(-c3ccc(-c4ccccc4)cc3)nc2c1)c1ccc(-c2cccc(Cl)c2Cl)o1. The largest absolute Gasteiger partial charge is 0.451 e. The van der Waals surface area contributed by atoms with Gasteiger partial charge in [0, 0.05) is 16.8 Å². The number of amides is 1. The first-order valence-corrected chi connectivity index (χ1v) is 12.2. The predicted molar refractivity (Wildman–Crippen MR) is 147 cm³/mol. The van der Waals surface area contributed by atoms with Crippen LogP contribution in [0.25, 0.3) is 45.0 Å². The number of halogens is 2. The molecule has 0 radical (unpaired) electrons. The molecular weight excluding hydrogens is 507 g/mol. The second kappa shape index (κ2) is 9.62. The average molecular weight is 525 g/mol. The van der Waals surface area contributed by atoms with Crippen molar-refractivity contribution in [2.75, 3.05) is 5.32 Å². The summed E-state index contributed by atoms with van der Waals surface area (Å²) in [6.45, 7) is 0. The van der Waals surface area contributed by atoms with Crippen molar-refractivity contribution in [3.05, 3.63) is 119 Å². The van der Waals surface area contributed by atoms with Crippen LogP contribution in [0.3, 0.4) is 0 Å². The Labute approximate surface area is 222 Å². The maximum absolute atomic E-state index is 12.8. The quantitative estimate of drug-likeness (QED) is 0.244. The lowest BCUT2D eigenvalue weighted by atomic mass is 10.0. The van der Waals surface area contributed by atoms with Crippen LogP contribution in [-0.2, 0) is 0 Å². The molecule has 0 fully saturated rings. The van der Waals surface area contributed by atoms with Crippen molar-refractivity contribution in [2.24, 2.45) is 0 Å². The third-order valence-electron chi connectivity index (χ3n) is 5.93. The van der Waals surface area contributed by atoms with Crippen LogP contribution in [0, 0.1) is 0 Å². The van der Waals surface area contributed by atoms with Gasteiger partial charge in [0.25, 0.3) is 5.91 Å². The number of rotatable bonds is 5. The van der Waals surface area contributed by atoms with Crippen LogP contribution in [0.15, 0.2) is 112 Å². The van der Waals surface area contributed by atoms with Gasteiger partial charge in [-0.2, -0.15) is 0 Å². The molecule has 6 aromatic rings. The molecule has 0 aliphatic carbocycles. The molecule has 2 heterocycles. The molecule has 1 N–H and O–H groups in total. The fourth-order valence-corrected chi connectivity index (χ4v) is 4.45. The smallest absolute Gasteiger partial charge is 0.291 e. The monoisotopic (exact) mass is 524 g/mol. The fourth-order valence-electron chi connectivity index (χ4n) is 4.06. The van der Waals surface area contributed by atoms with E-state index < -0.39 is 5.91 Å². The lowest BCUT2D eigenvalue weighted by Gasteiger charge is -2.04. The molecule has 37 heavy (non-hydrogen) atoms. The van der Waals surface area contributed by atoms with Gasteiger partial charge in [-0.05, 0) is 65.7 Å². The number of anilines is 1. The molecule has 0 spiro atoms. The molecule has 2 aromatic heterocycles. The first-order chi connectivity index (χ1) is 18.0. The Morgan fingerprint density at radius 2 is 1.49 bits per heavy atom. The van der Waals surface area contributed by atoms with E-state index in [9.17, 15) is 4.79 Å². The molecule has 0 saturated carbocycles. The van der Waals surface area contributed by atoms with E-state index in [1.807, 2.05) is 42.5 Å². The molecule has 0 aliphatic heterocycles. The van der Waals surface area contributed by atoms with Crippen molar-refractivity contribution in [1.82, 2.24) is 4.98 Å². The fraction of sp³-hybridized carbons (Fsp3) is 0. The Morgan fingerprint density at radius 1 is 0.730 bits per heavy atom. The van der Waals surface area contributed by atoms with Gasteiger partial charge in [-0.15, -0.1) is 0 Å². The van der Waals surface area contributed by atoms with Gasteiger partial charge < -0.3 is 14.2 Å². The number of fused-ring (bicyclic) bond motifs is 1. The average Bonchev–Trinajstić information content (AvgIpc) is 3.58. The van der Waals surface area contributed by atoms with Crippen molar-refractivity contribution in [3.8, 4) is 33.9 Å². The summed E-state index contributed by atoms with van der Waals surface area (Å²) in [6, 6.07) is 32.0. The molecule has 0 saturated heterocycles. The van der Waals surface area contributed by atoms with Crippen molar-refractivity contribution in [1.29, 1.82) is 0 Å². The van der Waals surface area contributed by atoms with E-state index in [1.54, 1.807) is 48.5 Å².